The van der Waals surface area contributed by atoms with Crippen LogP contribution in [0.1, 0.15) is 58.9 Å². The molecule has 3 nitrogen and oxygen atoms in total. The summed E-state index contributed by atoms with van der Waals surface area (Å²) in [5.74, 6) is 0.981. The first kappa shape index (κ1) is 22.9. The molecule has 0 aliphatic heterocycles. The molecular weight excluding hydrogens is 334 g/mol. The van der Waals surface area contributed by atoms with Gasteiger partial charge in [-0.2, -0.15) is 0 Å². The summed E-state index contributed by atoms with van der Waals surface area (Å²) < 4.78 is 5.50. The minimum absolute atomic E-state index is 0.174. The fourth-order valence-corrected chi connectivity index (χ4v) is 2.94. The highest BCUT2D eigenvalue weighted by Gasteiger charge is 2.13. The summed E-state index contributed by atoms with van der Waals surface area (Å²) in [4.78, 5) is 16.0. The number of aliphatic imine (C=N–C) groups is 1. The summed E-state index contributed by atoms with van der Waals surface area (Å²) in [5, 5.41) is 0. The molecule has 0 aliphatic rings. The van der Waals surface area contributed by atoms with Gasteiger partial charge in [0.2, 0.25) is 0 Å². The van der Waals surface area contributed by atoms with Crippen LogP contribution >= 0.6 is 0 Å². The van der Waals surface area contributed by atoms with Crippen molar-refractivity contribution in [3.63, 3.8) is 0 Å². The van der Waals surface area contributed by atoms with Gasteiger partial charge in [0, 0.05) is 26.0 Å². The normalized spacial score (nSPS) is 15.4. The summed E-state index contributed by atoms with van der Waals surface area (Å²) in [6.07, 6.45) is 9.38. The molecule has 0 bridgehead atoms. The topological polar surface area (TPSA) is 38.7 Å². The minimum atomic E-state index is -0.245. The summed E-state index contributed by atoms with van der Waals surface area (Å²) >= 11 is 0. The first-order valence-electron chi connectivity index (χ1n) is 9.85. The summed E-state index contributed by atoms with van der Waals surface area (Å²) in [6.45, 7) is 14.0. The number of carbonyl (C=O) groups excluding carboxylic acids is 1. The van der Waals surface area contributed by atoms with Gasteiger partial charge in [0.05, 0.1) is 5.69 Å². The van der Waals surface area contributed by atoms with Crippen LogP contribution in [0.25, 0.3) is 0 Å². The van der Waals surface area contributed by atoms with Crippen molar-refractivity contribution in [2.45, 2.75) is 66.4 Å². The van der Waals surface area contributed by atoms with Crippen molar-refractivity contribution < 1.29 is 9.53 Å². The fraction of sp³-hybridized carbons (Fsp3) is 0.500. The van der Waals surface area contributed by atoms with Gasteiger partial charge in [0.15, 0.2) is 0 Å². The van der Waals surface area contributed by atoms with E-state index in [1.165, 1.54) is 12.5 Å². The van der Waals surface area contributed by atoms with Crippen LogP contribution in [0, 0.1) is 18.8 Å². The summed E-state index contributed by atoms with van der Waals surface area (Å²) in [7, 11) is 0. The third-order valence-corrected chi connectivity index (χ3v) is 4.94. The number of benzene rings is 1. The highest BCUT2D eigenvalue weighted by Crippen LogP contribution is 2.22. The van der Waals surface area contributed by atoms with E-state index >= 15 is 0 Å². The number of nitrogens with zero attached hydrogens (tertiary/aromatic N) is 1. The third kappa shape index (κ3) is 9.37. The molecule has 27 heavy (non-hydrogen) atoms. The molecular formula is C24H35NO2. The Labute approximate surface area is 165 Å². The molecule has 0 radical (unpaired) electrons. The van der Waals surface area contributed by atoms with Crippen molar-refractivity contribution in [2.24, 2.45) is 16.8 Å². The quantitative estimate of drug-likeness (QED) is 0.250. The van der Waals surface area contributed by atoms with Gasteiger partial charge in [-0.1, -0.05) is 49.8 Å². The zero-order valence-electron chi connectivity index (χ0n) is 17.6. The Bertz CT molecular complexity index is 660. The van der Waals surface area contributed by atoms with Gasteiger partial charge >= 0.3 is 5.97 Å². The Morgan fingerprint density at radius 3 is 2.44 bits per heavy atom. The highest BCUT2D eigenvalue weighted by molar-refractivity contribution is 5.68. The molecule has 0 saturated heterocycles. The van der Waals surface area contributed by atoms with E-state index in [4.69, 9.17) is 4.74 Å². The van der Waals surface area contributed by atoms with E-state index in [1.807, 2.05) is 43.5 Å². The average molecular weight is 370 g/mol. The van der Waals surface area contributed by atoms with Gasteiger partial charge in [-0.3, -0.25) is 9.79 Å². The van der Waals surface area contributed by atoms with Gasteiger partial charge in [0.1, 0.15) is 6.10 Å². The third-order valence-electron chi connectivity index (χ3n) is 4.94. The van der Waals surface area contributed by atoms with E-state index in [9.17, 15) is 4.79 Å². The van der Waals surface area contributed by atoms with Crippen LogP contribution in [0.2, 0.25) is 0 Å². The van der Waals surface area contributed by atoms with Crippen LogP contribution < -0.4 is 0 Å². The van der Waals surface area contributed by atoms with Crippen LogP contribution in [0.5, 0.6) is 0 Å². The molecule has 0 aliphatic carbocycles. The second-order valence-corrected chi connectivity index (χ2v) is 7.53. The van der Waals surface area contributed by atoms with Gasteiger partial charge in [-0.15, -0.1) is 6.58 Å². The lowest BCUT2D eigenvalue weighted by Gasteiger charge is -2.18. The van der Waals surface area contributed by atoms with E-state index in [1.54, 1.807) is 0 Å². The molecule has 3 atom stereocenters. The van der Waals surface area contributed by atoms with Crippen molar-refractivity contribution in [2.75, 3.05) is 0 Å². The second kappa shape index (κ2) is 12.3. The van der Waals surface area contributed by atoms with Crippen molar-refractivity contribution in [3.8, 4) is 0 Å². The van der Waals surface area contributed by atoms with Crippen LogP contribution in [0.3, 0.4) is 0 Å². The smallest absolute Gasteiger partial charge is 0.302 e. The average Bonchev–Trinajstić information content (AvgIpc) is 2.61. The molecule has 0 saturated carbocycles. The van der Waals surface area contributed by atoms with E-state index < -0.39 is 0 Å². The first-order valence-corrected chi connectivity index (χ1v) is 9.85. The van der Waals surface area contributed by atoms with Gasteiger partial charge < -0.3 is 4.74 Å². The number of esters is 1. The molecule has 3 heteroatoms. The zero-order chi connectivity index (χ0) is 20.2. The maximum atomic E-state index is 11.5. The number of para-hydroxylation sites is 1. The standard InChI is InChI=1S/C24H35NO2/c1-7-10-19(3)20(4)14-13-18(2)17-23(27-22(6)26)15-16-25-24-12-9-8-11-21(24)5/h7-9,11-13,16,19-20,23H,1,10,14-15,17H2,2-6H3/b18-13+,25-16?. The van der Waals surface area contributed by atoms with Crippen LogP contribution in [0.15, 0.2) is 53.6 Å². The second-order valence-electron chi connectivity index (χ2n) is 7.53. The van der Waals surface area contributed by atoms with E-state index in [0.717, 1.165) is 30.5 Å². The molecule has 0 spiro atoms. The van der Waals surface area contributed by atoms with Crippen molar-refractivity contribution in [1.82, 2.24) is 0 Å². The van der Waals surface area contributed by atoms with Gasteiger partial charge in [-0.05, 0) is 50.2 Å². The van der Waals surface area contributed by atoms with Gasteiger partial charge in [0.25, 0.3) is 0 Å². The predicted molar refractivity (Wildman–Crippen MR) is 116 cm³/mol. The van der Waals surface area contributed by atoms with E-state index in [-0.39, 0.29) is 12.1 Å². The minimum Gasteiger partial charge on any atom is -0.462 e. The number of carbonyl (C=O) groups is 1. The summed E-state index contributed by atoms with van der Waals surface area (Å²) in [6, 6.07) is 8.01. The van der Waals surface area contributed by atoms with E-state index in [2.05, 4.69) is 38.4 Å². The Hall–Kier alpha value is -2.16. The Morgan fingerprint density at radius 2 is 1.81 bits per heavy atom. The van der Waals surface area contributed by atoms with Crippen LogP contribution in [0.4, 0.5) is 5.69 Å². The highest BCUT2D eigenvalue weighted by atomic mass is 16.5. The van der Waals surface area contributed by atoms with Gasteiger partial charge in [-0.25, -0.2) is 0 Å². The maximum Gasteiger partial charge on any atom is 0.302 e. The van der Waals surface area contributed by atoms with Crippen LogP contribution in [-0.2, 0) is 9.53 Å². The maximum absolute atomic E-state index is 11.5. The Kier molecular flexibility index (Phi) is 10.4. The number of hydrogen-bond donors (Lipinski definition) is 0. The van der Waals surface area contributed by atoms with Crippen molar-refractivity contribution in [3.05, 3.63) is 54.1 Å². The molecule has 1 aromatic rings. The van der Waals surface area contributed by atoms with E-state index in [0.29, 0.717) is 18.3 Å². The molecule has 0 fully saturated rings. The Balaban J connectivity index is 2.65. The molecule has 0 amide bonds. The Morgan fingerprint density at radius 1 is 1.15 bits per heavy atom. The number of allylic oxidation sites excluding steroid dienone is 2. The molecule has 0 aromatic heterocycles. The largest absolute Gasteiger partial charge is 0.462 e. The molecule has 1 aromatic carbocycles. The lowest BCUT2D eigenvalue weighted by Crippen LogP contribution is -2.17. The van der Waals surface area contributed by atoms with Crippen molar-refractivity contribution >= 4 is 17.9 Å². The number of aryl methyl sites for hydroxylation is 1. The van der Waals surface area contributed by atoms with Crippen LogP contribution in [-0.4, -0.2) is 18.3 Å². The molecule has 0 heterocycles. The lowest BCUT2D eigenvalue weighted by atomic mass is 9.89. The molecule has 148 valence electrons. The SMILES string of the molecule is C=CCC(C)C(C)C/C=C(\C)CC(CC=Nc1ccccc1C)OC(C)=O. The first-order chi connectivity index (χ1) is 12.8. The number of rotatable bonds is 11. The zero-order valence-corrected chi connectivity index (χ0v) is 17.6. The lowest BCUT2D eigenvalue weighted by molar-refractivity contribution is -0.145. The van der Waals surface area contributed by atoms with Crippen molar-refractivity contribution in [1.29, 1.82) is 0 Å². The number of ether oxygens (including phenoxy) is 1. The monoisotopic (exact) mass is 369 g/mol. The molecule has 3 unspecified atom stereocenters. The predicted octanol–water partition coefficient (Wildman–Crippen LogP) is 6.59. The summed E-state index contributed by atoms with van der Waals surface area (Å²) in [5.41, 5.74) is 3.34. The molecule has 1 rings (SSSR count). The fourth-order valence-electron chi connectivity index (χ4n) is 2.94. The number of hydrogen-bond acceptors (Lipinski definition) is 3. The molecule has 0 N–H and O–H groups in total.